The van der Waals surface area contributed by atoms with Crippen LogP contribution < -0.4 is 10.1 Å². The fourth-order valence-corrected chi connectivity index (χ4v) is 4.47. The van der Waals surface area contributed by atoms with E-state index in [1.165, 1.54) is 11.3 Å². The number of hydrogen-bond acceptors (Lipinski definition) is 6. The number of nitrogens with one attached hydrogen (secondary N) is 1. The Bertz CT molecular complexity index is 755. The Hall–Kier alpha value is -1.96. The van der Waals surface area contributed by atoms with E-state index >= 15 is 0 Å². The van der Waals surface area contributed by atoms with Crippen LogP contribution in [0, 0.1) is 0 Å². The molecule has 1 aromatic heterocycles. The largest absolute Gasteiger partial charge is 0.497 e. The summed E-state index contributed by atoms with van der Waals surface area (Å²) in [6, 6.07) is 8.26. The minimum Gasteiger partial charge on any atom is -0.497 e. The molecule has 1 unspecified atom stereocenters. The number of carbonyl (C=O) groups excluding carboxylic acids is 1. The van der Waals surface area contributed by atoms with Gasteiger partial charge in [0.2, 0.25) is 0 Å². The fraction of sp³-hybridized carbons (Fsp3) is 0.474. The van der Waals surface area contributed by atoms with Crippen LogP contribution in [-0.4, -0.2) is 73.1 Å². The summed E-state index contributed by atoms with van der Waals surface area (Å²) in [4.78, 5) is 21.9. The lowest BCUT2D eigenvalue weighted by Crippen LogP contribution is -2.49. The summed E-state index contributed by atoms with van der Waals surface area (Å²) in [7, 11) is 1.65. The number of piperazine rings is 1. The van der Waals surface area contributed by atoms with Crippen molar-refractivity contribution in [2.24, 2.45) is 0 Å². The summed E-state index contributed by atoms with van der Waals surface area (Å²) in [5, 5.41) is 6.13. The van der Waals surface area contributed by atoms with Crippen LogP contribution in [0.25, 0.3) is 10.6 Å². The van der Waals surface area contributed by atoms with E-state index in [0.29, 0.717) is 11.7 Å². The number of methoxy groups -OCH3 is 1. The maximum atomic E-state index is 12.8. The average Bonchev–Trinajstić information content (AvgIpc) is 3.38. The Morgan fingerprint density at radius 1 is 1.23 bits per heavy atom. The van der Waals surface area contributed by atoms with Gasteiger partial charge in [-0.2, -0.15) is 0 Å². The first kappa shape index (κ1) is 17.5. The Kier molecular flexibility index (Phi) is 5.19. The third-order valence-electron chi connectivity index (χ3n) is 5.18. The van der Waals surface area contributed by atoms with E-state index in [9.17, 15) is 4.79 Å². The van der Waals surface area contributed by atoms with Crippen molar-refractivity contribution in [1.82, 2.24) is 20.1 Å². The highest BCUT2D eigenvalue weighted by molar-refractivity contribution is 7.13. The average molecular weight is 372 g/mol. The molecule has 1 atom stereocenters. The highest BCUT2D eigenvalue weighted by atomic mass is 32.1. The molecule has 1 amide bonds. The first-order valence-electron chi connectivity index (χ1n) is 9.08. The molecule has 0 saturated carbocycles. The number of thiazole rings is 1. The number of amides is 1. The third-order valence-corrected chi connectivity index (χ3v) is 6.07. The quantitative estimate of drug-likeness (QED) is 0.889. The second-order valence-corrected chi connectivity index (χ2v) is 7.60. The summed E-state index contributed by atoms with van der Waals surface area (Å²) in [6.45, 7) is 5.87. The van der Waals surface area contributed by atoms with Crippen LogP contribution in [0.5, 0.6) is 5.75 Å². The zero-order chi connectivity index (χ0) is 17.9. The number of likely N-dealkylation sites (tertiary alicyclic amines) is 1. The van der Waals surface area contributed by atoms with Gasteiger partial charge in [-0.15, -0.1) is 11.3 Å². The second kappa shape index (κ2) is 7.73. The van der Waals surface area contributed by atoms with Crippen molar-refractivity contribution in [2.45, 2.75) is 12.5 Å². The highest BCUT2D eigenvalue weighted by Crippen LogP contribution is 2.27. The topological polar surface area (TPSA) is 57.7 Å². The second-order valence-electron chi connectivity index (χ2n) is 6.75. The Morgan fingerprint density at radius 2 is 2.00 bits per heavy atom. The van der Waals surface area contributed by atoms with Crippen LogP contribution in [0.15, 0.2) is 29.6 Å². The van der Waals surface area contributed by atoms with Gasteiger partial charge in [-0.25, -0.2) is 4.98 Å². The predicted molar refractivity (Wildman–Crippen MR) is 103 cm³/mol. The first-order chi connectivity index (χ1) is 12.7. The Balaban J connectivity index is 1.41. The van der Waals surface area contributed by atoms with Crippen LogP contribution in [0.3, 0.4) is 0 Å². The van der Waals surface area contributed by atoms with Crippen molar-refractivity contribution in [2.75, 3.05) is 46.4 Å². The summed E-state index contributed by atoms with van der Waals surface area (Å²) in [6.07, 6.45) is 1.06. The van der Waals surface area contributed by atoms with Gasteiger partial charge in [0.25, 0.3) is 5.91 Å². The minimum atomic E-state index is 0.0543. The highest BCUT2D eigenvalue weighted by Gasteiger charge is 2.32. The smallest absolute Gasteiger partial charge is 0.273 e. The number of nitrogens with zero attached hydrogens (tertiary/aromatic N) is 3. The number of aromatic nitrogens is 1. The molecule has 1 N–H and O–H groups in total. The van der Waals surface area contributed by atoms with Gasteiger partial charge in [-0.3, -0.25) is 9.69 Å². The van der Waals surface area contributed by atoms with E-state index in [1.807, 2.05) is 34.5 Å². The fourth-order valence-electron chi connectivity index (χ4n) is 3.67. The van der Waals surface area contributed by atoms with Gasteiger partial charge in [0.05, 0.1) is 7.11 Å². The van der Waals surface area contributed by atoms with Gasteiger partial charge in [0.1, 0.15) is 16.5 Å². The molecule has 2 aliphatic heterocycles. The van der Waals surface area contributed by atoms with Crippen molar-refractivity contribution < 1.29 is 9.53 Å². The lowest BCUT2D eigenvalue weighted by Gasteiger charge is -2.32. The monoisotopic (exact) mass is 372 g/mol. The normalized spacial score (nSPS) is 21.1. The summed E-state index contributed by atoms with van der Waals surface area (Å²) >= 11 is 1.51. The number of benzene rings is 1. The van der Waals surface area contributed by atoms with Gasteiger partial charge in [0.15, 0.2) is 0 Å². The molecule has 2 aliphatic rings. The van der Waals surface area contributed by atoms with Crippen molar-refractivity contribution >= 4 is 17.2 Å². The van der Waals surface area contributed by atoms with Crippen molar-refractivity contribution in [1.29, 1.82) is 0 Å². The summed E-state index contributed by atoms with van der Waals surface area (Å²) < 4.78 is 5.19. The number of rotatable bonds is 4. The molecule has 2 aromatic rings. The molecule has 1 aromatic carbocycles. The molecule has 0 spiro atoms. The molecule has 0 aliphatic carbocycles. The van der Waals surface area contributed by atoms with Gasteiger partial charge in [-0.1, -0.05) is 0 Å². The van der Waals surface area contributed by atoms with Crippen LogP contribution in [0.2, 0.25) is 0 Å². The zero-order valence-electron chi connectivity index (χ0n) is 15.0. The van der Waals surface area contributed by atoms with Gasteiger partial charge < -0.3 is 15.0 Å². The van der Waals surface area contributed by atoms with Crippen LogP contribution in [-0.2, 0) is 0 Å². The van der Waals surface area contributed by atoms with Crippen molar-refractivity contribution in [3.8, 4) is 16.3 Å². The van der Waals surface area contributed by atoms with Crippen LogP contribution in [0.1, 0.15) is 16.9 Å². The minimum absolute atomic E-state index is 0.0543. The molecule has 0 radical (unpaired) electrons. The van der Waals surface area contributed by atoms with E-state index in [0.717, 1.165) is 62.0 Å². The maximum Gasteiger partial charge on any atom is 0.273 e. The molecule has 26 heavy (non-hydrogen) atoms. The van der Waals surface area contributed by atoms with Crippen LogP contribution in [0.4, 0.5) is 0 Å². The Labute approximate surface area is 157 Å². The van der Waals surface area contributed by atoms with E-state index in [4.69, 9.17) is 4.74 Å². The van der Waals surface area contributed by atoms with Crippen LogP contribution >= 0.6 is 11.3 Å². The molecular formula is C19H24N4O2S. The lowest BCUT2D eigenvalue weighted by atomic mass is 10.2. The molecule has 138 valence electrons. The Morgan fingerprint density at radius 3 is 2.73 bits per heavy atom. The summed E-state index contributed by atoms with van der Waals surface area (Å²) in [5.74, 6) is 0.872. The summed E-state index contributed by atoms with van der Waals surface area (Å²) in [5.41, 5.74) is 1.57. The first-order valence-corrected chi connectivity index (χ1v) is 9.96. The lowest BCUT2D eigenvalue weighted by molar-refractivity contribution is 0.0768. The van der Waals surface area contributed by atoms with Gasteiger partial charge in [-0.05, 0) is 30.7 Å². The van der Waals surface area contributed by atoms with Crippen molar-refractivity contribution in [3.63, 3.8) is 0 Å². The molecule has 3 heterocycles. The SMILES string of the molecule is COc1ccc(-c2nc(C(=O)N3CCC(N4CCNCC4)C3)cs2)cc1. The molecule has 6 nitrogen and oxygen atoms in total. The molecule has 4 rings (SSSR count). The van der Waals surface area contributed by atoms with Crippen molar-refractivity contribution in [3.05, 3.63) is 35.3 Å². The zero-order valence-corrected chi connectivity index (χ0v) is 15.8. The molecule has 2 saturated heterocycles. The molecule has 7 heteroatoms. The maximum absolute atomic E-state index is 12.8. The standard InChI is InChI=1S/C19H24N4O2S/c1-25-16-4-2-14(3-5-16)18-21-17(13-26-18)19(24)23-9-6-15(12-23)22-10-7-20-8-11-22/h2-5,13,15,20H,6-12H2,1H3. The van der Waals surface area contributed by atoms with E-state index in [1.54, 1.807) is 7.11 Å². The predicted octanol–water partition coefficient (Wildman–Crippen LogP) is 1.94. The van der Waals surface area contributed by atoms with E-state index in [-0.39, 0.29) is 5.91 Å². The van der Waals surface area contributed by atoms with Gasteiger partial charge >= 0.3 is 0 Å². The molecular weight excluding hydrogens is 348 g/mol. The van der Waals surface area contributed by atoms with E-state index < -0.39 is 0 Å². The number of hydrogen-bond donors (Lipinski definition) is 1. The molecule has 0 bridgehead atoms. The van der Waals surface area contributed by atoms with E-state index in [2.05, 4.69) is 15.2 Å². The third kappa shape index (κ3) is 3.60. The van der Waals surface area contributed by atoms with Gasteiger partial charge in [0, 0.05) is 56.3 Å². The number of ether oxygens (including phenoxy) is 1. The molecule has 2 fully saturated rings. The number of carbonyl (C=O) groups is 1.